The topological polar surface area (TPSA) is 77.2 Å². The van der Waals surface area contributed by atoms with Crippen molar-refractivity contribution in [2.24, 2.45) is 5.73 Å². The van der Waals surface area contributed by atoms with Gasteiger partial charge in [0.1, 0.15) is 5.75 Å². The van der Waals surface area contributed by atoms with E-state index >= 15 is 0 Å². The van der Waals surface area contributed by atoms with Gasteiger partial charge in [0, 0.05) is 30.5 Å². The second-order valence-electron chi connectivity index (χ2n) is 6.41. The lowest BCUT2D eigenvalue weighted by Crippen LogP contribution is -2.18. The van der Waals surface area contributed by atoms with E-state index < -0.39 is 5.91 Å². The fraction of sp³-hybridized carbons (Fsp3) is 0.182. The second-order valence-corrected chi connectivity index (χ2v) is 6.41. The van der Waals surface area contributed by atoms with Crippen molar-refractivity contribution in [2.75, 3.05) is 7.11 Å². The van der Waals surface area contributed by atoms with E-state index in [0.717, 1.165) is 29.0 Å². The highest BCUT2D eigenvalue weighted by Gasteiger charge is 2.08. The number of primary amides is 1. The fourth-order valence-electron chi connectivity index (χ4n) is 2.89. The molecule has 0 unspecified atom stereocenters. The van der Waals surface area contributed by atoms with Gasteiger partial charge in [-0.3, -0.25) is 9.78 Å². The van der Waals surface area contributed by atoms with Crippen LogP contribution in [0, 0.1) is 0 Å². The van der Waals surface area contributed by atoms with E-state index in [4.69, 9.17) is 10.5 Å². The number of amides is 1. The normalized spacial score (nSPS) is 11.8. The number of benzene rings is 2. The van der Waals surface area contributed by atoms with Gasteiger partial charge in [-0.1, -0.05) is 30.3 Å². The Morgan fingerprint density at radius 3 is 2.70 bits per heavy atom. The van der Waals surface area contributed by atoms with Crippen LogP contribution in [0.4, 0.5) is 0 Å². The molecule has 0 aliphatic carbocycles. The molecule has 5 nitrogen and oxygen atoms in total. The maximum atomic E-state index is 11.4. The SMILES string of the molecule is COc1cccc([C@@H](C)NCc2cccc(-c3cncc(C(N)=O)c3)c2)c1. The van der Waals surface area contributed by atoms with E-state index in [9.17, 15) is 4.79 Å². The van der Waals surface area contributed by atoms with E-state index in [1.165, 1.54) is 11.8 Å². The minimum atomic E-state index is -0.478. The summed E-state index contributed by atoms with van der Waals surface area (Å²) in [6, 6.07) is 18.2. The van der Waals surface area contributed by atoms with Crippen LogP contribution >= 0.6 is 0 Å². The van der Waals surface area contributed by atoms with E-state index in [2.05, 4.69) is 35.4 Å². The summed E-state index contributed by atoms with van der Waals surface area (Å²) in [7, 11) is 1.67. The van der Waals surface area contributed by atoms with Gasteiger partial charge in [-0.05, 0) is 47.9 Å². The van der Waals surface area contributed by atoms with Crippen molar-refractivity contribution in [3.63, 3.8) is 0 Å². The molecule has 1 atom stereocenters. The molecule has 3 aromatic rings. The van der Waals surface area contributed by atoms with Crippen molar-refractivity contribution in [2.45, 2.75) is 19.5 Å². The Morgan fingerprint density at radius 1 is 1.11 bits per heavy atom. The summed E-state index contributed by atoms with van der Waals surface area (Å²) in [5.41, 5.74) is 9.94. The molecule has 0 aliphatic rings. The predicted octanol–water partition coefficient (Wildman–Crippen LogP) is 3.71. The standard InChI is InChI=1S/C22H23N3O2/c1-15(17-6-4-8-21(11-17)27-2)25-12-16-5-3-7-18(9-16)19-10-20(22(23)26)14-24-13-19/h3-11,13-15,25H,12H2,1-2H3,(H2,23,26)/t15-/m1/s1. The lowest BCUT2D eigenvalue weighted by atomic mass is 10.0. The van der Waals surface area contributed by atoms with Crippen LogP contribution in [0.2, 0.25) is 0 Å². The third-order valence-corrected chi connectivity index (χ3v) is 4.49. The summed E-state index contributed by atoms with van der Waals surface area (Å²) >= 11 is 0. The third kappa shape index (κ3) is 4.71. The first kappa shape index (κ1) is 18.6. The van der Waals surface area contributed by atoms with E-state index in [1.807, 2.05) is 30.3 Å². The van der Waals surface area contributed by atoms with Gasteiger partial charge in [0.2, 0.25) is 5.91 Å². The van der Waals surface area contributed by atoms with Crippen LogP contribution in [-0.2, 0) is 6.54 Å². The van der Waals surface area contributed by atoms with Crippen LogP contribution in [-0.4, -0.2) is 18.0 Å². The molecule has 3 rings (SSSR count). The molecule has 0 aliphatic heterocycles. The average molecular weight is 361 g/mol. The molecule has 138 valence electrons. The summed E-state index contributed by atoms with van der Waals surface area (Å²) < 4.78 is 5.29. The third-order valence-electron chi connectivity index (χ3n) is 4.49. The number of pyridine rings is 1. The molecule has 5 heteroatoms. The van der Waals surface area contributed by atoms with E-state index in [0.29, 0.717) is 5.56 Å². The van der Waals surface area contributed by atoms with Crippen LogP contribution in [0.3, 0.4) is 0 Å². The molecule has 0 fully saturated rings. The molecular formula is C22H23N3O2. The molecule has 3 N–H and O–H groups in total. The predicted molar refractivity (Wildman–Crippen MR) is 106 cm³/mol. The van der Waals surface area contributed by atoms with Gasteiger partial charge < -0.3 is 15.8 Å². The number of ether oxygens (including phenoxy) is 1. The van der Waals surface area contributed by atoms with Gasteiger partial charge >= 0.3 is 0 Å². The van der Waals surface area contributed by atoms with Gasteiger partial charge in [0.25, 0.3) is 0 Å². The maximum absolute atomic E-state index is 11.4. The van der Waals surface area contributed by atoms with Gasteiger partial charge in [0.15, 0.2) is 0 Å². The molecule has 0 radical (unpaired) electrons. The number of rotatable bonds is 7. The Balaban J connectivity index is 1.72. The number of nitrogens with zero attached hydrogens (tertiary/aromatic N) is 1. The van der Waals surface area contributed by atoms with E-state index in [-0.39, 0.29) is 6.04 Å². The summed E-state index contributed by atoms with van der Waals surface area (Å²) in [5.74, 6) is 0.374. The maximum Gasteiger partial charge on any atom is 0.250 e. The number of methoxy groups -OCH3 is 1. The zero-order chi connectivity index (χ0) is 19.2. The highest BCUT2D eigenvalue weighted by atomic mass is 16.5. The van der Waals surface area contributed by atoms with Gasteiger partial charge in [-0.15, -0.1) is 0 Å². The summed E-state index contributed by atoms with van der Waals surface area (Å²) in [5, 5.41) is 3.53. The van der Waals surface area contributed by atoms with Crippen LogP contribution in [0.5, 0.6) is 5.75 Å². The van der Waals surface area contributed by atoms with Crippen molar-refractivity contribution >= 4 is 5.91 Å². The largest absolute Gasteiger partial charge is 0.497 e. The summed E-state index contributed by atoms with van der Waals surface area (Å²) in [6.45, 7) is 2.84. The Morgan fingerprint density at radius 2 is 1.93 bits per heavy atom. The Kier molecular flexibility index (Phi) is 5.84. The monoisotopic (exact) mass is 361 g/mol. The van der Waals surface area contributed by atoms with Crippen molar-refractivity contribution < 1.29 is 9.53 Å². The number of aromatic nitrogens is 1. The second kappa shape index (κ2) is 8.47. The van der Waals surface area contributed by atoms with Gasteiger partial charge in [-0.25, -0.2) is 0 Å². The minimum absolute atomic E-state index is 0.184. The average Bonchev–Trinajstić information content (AvgIpc) is 2.72. The first-order chi connectivity index (χ1) is 13.1. The highest BCUT2D eigenvalue weighted by Crippen LogP contribution is 2.22. The quantitative estimate of drug-likeness (QED) is 0.672. The Bertz CT molecular complexity index is 940. The number of nitrogens with two attached hydrogens (primary N) is 1. The van der Waals surface area contributed by atoms with Gasteiger partial charge in [-0.2, -0.15) is 0 Å². The van der Waals surface area contributed by atoms with Crippen LogP contribution in [0.15, 0.2) is 67.0 Å². The summed E-state index contributed by atoms with van der Waals surface area (Å²) in [6.07, 6.45) is 3.21. The Labute approximate surface area is 159 Å². The first-order valence-corrected chi connectivity index (χ1v) is 8.78. The molecule has 0 saturated carbocycles. The number of hydrogen-bond donors (Lipinski definition) is 2. The van der Waals surface area contributed by atoms with Crippen molar-refractivity contribution in [3.05, 3.63) is 83.7 Å². The zero-order valence-electron chi connectivity index (χ0n) is 15.5. The minimum Gasteiger partial charge on any atom is -0.497 e. The molecular weight excluding hydrogens is 338 g/mol. The highest BCUT2D eigenvalue weighted by molar-refractivity contribution is 5.93. The van der Waals surface area contributed by atoms with Crippen LogP contribution < -0.4 is 15.8 Å². The molecule has 27 heavy (non-hydrogen) atoms. The molecule has 1 amide bonds. The molecule has 2 aromatic carbocycles. The van der Waals surface area contributed by atoms with Crippen molar-refractivity contribution in [3.8, 4) is 16.9 Å². The van der Waals surface area contributed by atoms with Gasteiger partial charge in [0.05, 0.1) is 12.7 Å². The lowest BCUT2D eigenvalue weighted by Gasteiger charge is -2.15. The zero-order valence-corrected chi connectivity index (χ0v) is 15.5. The lowest BCUT2D eigenvalue weighted by molar-refractivity contribution is 0.1000. The molecule has 0 saturated heterocycles. The molecule has 0 spiro atoms. The fourth-order valence-corrected chi connectivity index (χ4v) is 2.89. The molecule has 1 heterocycles. The van der Waals surface area contributed by atoms with Crippen LogP contribution in [0.1, 0.15) is 34.5 Å². The number of carbonyl (C=O) groups excluding carboxylic acids is 1. The van der Waals surface area contributed by atoms with Crippen molar-refractivity contribution in [1.29, 1.82) is 0 Å². The van der Waals surface area contributed by atoms with Crippen molar-refractivity contribution in [1.82, 2.24) is 10.3 Å². The number of nitrogens with one attached hydrogen (secondary N) is 1. The first-order valence-electron chi connectivity index (χ1n) is 8.78. The summed E-state index contributed by atoms with van der Waals surface area (Å²) in [4.78, 5) is 15.5. The van der Waals surface area contributed by atoms with Crippen LogP contribution in [0.25, 0.3) is 11.1 Å². The molecule has 0 bridgehead atoms. The van der Waals surface area contributed by atoms with E-state index in [1.54, 1.807) is 19.4 Å². The number of hydrogen-bond acceptors (Lipinski definition) is 4. The smallest absolute Gasteiger partial charge is 0.250 e. The number of carbonyl (C=O) groups is 1. The Hall–Kier alpha value is -3.18. The molecule has 1 aromatic heterocycles.